The Morgan fingerprint density at radius 2 is 1.74 bits per heavy atom. The van der Waals surface area contributed by atoms with E-state index in [2.05, 4.69) is 31.6 Å². The van der Waals surface area contributed by atoms with Crippen molar-refractivity contribution in [3.8, 4) is 17.0 Å². The SMILES string of the molecule is COc1cc(Nc2nccc(-c3ccc(NC(=O)[C@@H](C)N)cc3)n2)ccc1N1CCCCCC1. The van der Waals surface area contributed by atoms with Gasteiger partial charge in [0.05, 0.1) is 24.5 Å². The minimum absolute atomic E-state index is 0.224. The molecular formula is C26H32N6O2. The van der Waals surface area contributed by atoms with Crippen molar-refractivity contribution in [3.63, 3.8) is 0 Å². The van der Waals surface area contributed by atoms with E-state index < -0.39 is 6.04 Å². The Kier molecular flexibility index (Phi) is 7.59. The number of nitrogens with zero attached hydrogens (tertiary/aromatic N) is 3. The summed E-state index contributed by atoms with van der Waals surface area (Å²) in [6.45, 7) is 3.77. The predicted octanol–water partition coefficient (Wildman–Crippen LogP) is 4.56. The number of hydrogen-bond donors (Lipinski definition) is 3. The van der Waals surface area contributed by atoms with Crippen LogP contribution in [-0.4, -0.2) is 42.1 Å². The highest BCUT2D eigenvalue weighted by Gasteiger charge is 2.15. The highest BCUT2D eigenvalue weighted by Crippen LogP contribution is 2.33. The van der Waals surface area contributed by atoms with Crippen LogP contribution in [-0.2, 0) is 4.79 Å². The van der Waals surface area contributed by atoms with Gasteiger partial charge in [0.15, 0.2) is 0 Å². The van der Waals surface area contributed by atoms with Crippen LogP contribution in [0.5, 0.6) is 5.75 Å². The molecule has 8 nitrogen and oxygen atoms in total. The number of amides is 1. The Balaban J connectivity index is 1.48. The maximum Gasteiger partial charge on any atom is 0.240 e. The summed E-state index contributed by atoms with van der Waals surface area (Å²) >= 11 is 0. The van der Waals surface area contributed by atoms with Gasteiger partial charge in [-0.15, -0.1) is 0 Å². The fourth-order valence-electron chi connectivity index (χ4n) is 4.02. The van der Waals surface area contributed by atoms with Gasteiger partial charge in [-0.25, -0.2) is 9.97 Å². The number of nitrogens with two attached hydrogens (primary N) is 1. The van der Waals surface area contributed by atoms with Gasteiger partial charge in [-0.3, -0.25) is 4.79 Å². The number of methoxy groups -OCH3 is 1. The number of carbonyl (C=O) groups is 1. The monoisotopic (exact) mass is 460 g/mol. The molecule has 0 unspecified atom stereocenters. The zero-order chi connectivity index (χ0) is 23.9. The average molecular weight is 461 g/mol. The molecule has 1 aromatic heterocycles. The fraction of sp³-hybridized carbons (Fsp3) is 0.346. The van der Waals surface area contributed by atoms with E-state index in [0.717, 1.165) is 41.5 Å². The summed E-state index contributed by atoms with van der Waals surface area (Å²) in [4.78, 5) is 23.2. The largest absolute Gasteiger partial charge is 0.495 e. The molecule has 4 N–H and O–H groups in total. The van der Waals surface area contributed by atoms with Crippen LogP contribution in [0.15, 0.2) is 54.7 Å². The van der Waals surface area contributed by atoms with E-state index in [1.807, 2.05) is 42.5 Å². The van der Waals surface area contributed by atoms with Crippen molar-refractivity contribution >= 4 is 28.9 Å². The molecule has 1 aliphatic heterocycles. The molecule has 2 aromatic carbocycles. The van der Waals surface area contributed by atoms with Gasteiger partial charge in [-0.05, 0) is 50.1 Å². The third-order valence-corrected chi connectivity index (χ3v) is 5.90. The summed E-state index contributed by atoms with van der Waals surface area (Å²) in [5.41, 5.74) is 9.98. The van der Waals surface area contributed by atoms with E-state index in [9.17, 15) is 4.79 Å². The third-order valence-electron chi connectivity index (χ3n) is 5.90. The summed E-state index contributed by atoms with van der Waals surface area (Å²) in [5, 5.41) is 6.07. The van der Waals surface area contributed by atoms with Crippen LogP contribution in [0.2, 0.25) is 0 Å². The van der Waals surface area contributed by atoms with E-state index in [0.29, 0.717) is 11.6 Å². The van der Waals surface area contributed by atoms with Gasteiger partial charge in [0.25, 0.3) is 0 Å². The topological polar surface area (TPSA) is 105 Å². The number of nitrogens with one attached hydrogen (secondary N) is 2. The van der Waals surface area contributed by atoms with Crippen LogP contribution in [0.25, 0.3) is 11.3 Å². The molecule has 1 fully saturated rings. The van der Waals surface area contributed by atoms with Gasteiger partial charge in [0, 0.05) is 42.3 Å². The van der Waals surface area contributed by atoms with Crippen LogP contribution >= 0.6 is 0 Å². The Morgan fingerprint density at radius 1 is 1.03 bits per heavy atom. The van der Waals surface area contributed by atoms with Gasteiger partial charge < -0.3 is 26.0 Å². The maximum atomic E-state index is 11.8. The van der Waals surface area contributed by atoms with Crippen LogP contribution in [0.1, 0.15) is 32.6 Å². The first-order valence-electron chi connectivity index (χ1n) is 11.7. The molecule has 0 saturated carbocycles. The predicted molar refractivity (Wildman–Crippen MR) is 137 cm³/mol. The highest BCUT2D eigenvalue weighted by atomic mass is 16.5. The van der Waals surface area contributed by atoms with E-state index in [1.165, 1.54) is 25.7 Å². The third kappa shape index (κ3) is 5.82. The van der Waals surface area contributed by atoms with Crippen LogP contribution < -0.4 is 26.0 Å². The van der Waals surface area contributed by atoms with Crippen LogP contribution in [0, 0.1) is 0 Å². The first kappa shape index (κ1) is 23.5. The molecule has 0 spiro atoms. The molecule has 4 rings (SSSR count). The van der Waals surface area contributed by atoms with Crippen molar-refractivity contribution in [2.24, 2.45) is 5.73 Å². The van der Waals surface area contributed by atoms with E-state index in [1.54, 1.807) is 20.2 Å². The molecule has 2 heterocycles. The van der Waals surface area contributed by atoms with Crippen molar-refractivity contribution in [1.82, 2.24) is 9.97 Å². The van der Waals surface area contributed by atoms with E-state index in [4.69, 9.17) is 10.5 Å². The number of carbonyl (C=O) groups excluding carboxylic acids is 1. The Morgan fingerprint density at radius 3 is 2.41 bits per heavy atom. The second-order valence-corrected chi connectivity index (χ2v) is 8.53. The zero-order valence-corrected chi connectivity index (χ0v) is 19.8. The molecular weight excluding hydrogens is 428 g/mol. The molecule has 3 aromatic rings. The fourth-order valence-corrected chi connectivity index (χ4v) is 4.02. The quantitative estimate of drug-likeness (QED) is 0.474. The summed E-state index contributed by atoms with van der Waals surface area (Å²) in [5.74, 6) is 1.11. The van der Waals surface area contributed by atoms with Gasteiger partial charge in [-0.1, -0.05) is 25.0 Å². The molecule has 0 bridgehead atoms. The number of aromatic nitrogens is 2. The molecule has 1 saturated heterocycles. The summed E-state index contributed by atoms with van der Waals surface area (Å²) in [6.07, 6.45) is 6.72. The molecule has 34 heavy (non-hydrogen) atoms. The Hall–Kier alpha value is -3.65. The lowest BCUT2D eigenvalue weighted by atomic mass is 10.1. The van der Waals surface area contributed by atoms with Crippen molar-refractivity contribution in [3.05, 3.63) is 54.7 Å². The molecule has 178 valence electrons. The maximum absolute atomic E-state index is 11.8. The summed E-state index contributed by atoms with van der Waals surface area (Å²) in [7, 11) is 1.71. The van der Waals surface area contributed by atoms with Crippen molar-refractivity contribution < 1.29 is 9.53 Å². The molecule has 0 radical (unpaired) electrons. The molecule has 1 amide bonds. The Bertz CT molecular complexity index is 1110. The molecule has 1 aliphatic rings. The van der Waals surface area contributed by atoms with Gasteiger partial charge >= 0.3 is 0 Å². The minimum atomic E-state index is -0.563. The number of benzene rings is 2. The number of rotatable bonds is 7. The normalized spacial score (nSPS) is 14.7. The van der Waals surface area contributed by atoms with Gasteiger partial charge in [0.1, 0.15) is 5.75 Å². The van der Waals surface area contributed by atoms with E-state index in [-0.39, 0.29) is 5.91 Å². The number of ether oxygens (including phenoxy) is 1. The van der Waals surface area contributed by atoms with Gasteiger partial charge in [-0.2, -0.15) is 0 Å². The summed E-state index contributed by atoms with van der Waals surface area (Å²) in [6, 6.07) is 14.9. The zero-order valence-electron chi connectivity index (χ0n) is 19.8. The van der Waals surface area contributed by atoms with Crippen LogP contribution in [0.3, 0.4) is 0 Å². The van der Waals surface area contributed by atoms with Crippen molar-refractivity contribution in [1.29, 1.82) is 0 Å². The molecule has 8 heteroatoms. The second kappa shape index (κ2) is 11.0. The van der Waals surface area contributed by atoms with Crippen molar-refractivity contribution in [2.75, 3.05) is 35.7 Å². The smallest absolute Gasteiger partial charge is 0.240 e. The molecule has 0 aliphatic carbocycles. The van der Waals surface area contributed by atoms with Gasteiger partial charge in [0.2, 0.25) is 11.9 Å². The van der Waals surface area contributed by atoms with E-state index >= 15 is 0 Å². The number of hydrogen-bond acceptors (Lipinski definition) is 7. The first-order valence-corrected chi connectivity index (χ1v) is 11.7. The second-order valence-electron chi connectivity index (χ2n) is 8.53. The van der Waals surface area contributed by atoms with Crippen molar-refractivity contribution in [2.45, 2.75) is 38.6 Å². The lowest BCUT2D eigenvalue weighted by Crippen LogP contribution is -2.32. The highest BCUT2D eigenvalue weighted by molar-refractivity contribution is 5.94. The minimum Gasteiger partial charge on any atom is -0.495 e. The standard InChI is InChI=1S/C26H32N6O2/c1-18(27)25(33)29-20-9-7-19(8-10-20)22-13-14-28-26(31-22)30-21-11-12-23(24(17-21)34-2)32-15-5-3-4-6-16-32/h7-14,17-18H,3-6,15-16,27H2,1-2H3,(H,29,33)(H,28,30,31)/t18-/m1/s1. The molecule has 1 atom stereocenters. The average Bonchev–Trinajstić information content (AvgIpc) is 3.14. The first-order chi connectivity index (χ1) is 16.5. The summed E-state index contributed by atoms with van der Waals surface area (Å²) < 4.78 is 5.70. The lowest BCUT2D eigenvalue weighted by Gasteiger charge is -2.25. The number of anilines is 4. The Labute approximate surface area is 200 Å². The van der Waals surface area contributed by atoms with Crippen LogP contribution in [0.4, 0.5) is 23.0 Å². The lowest BCUT2D eigenvalue weighted by molar-refractivity contribution is -0.117.